The lowest BCUT2D eigenvalue weighted by Crippen LogP contribution is -2.37. The van der Waals surface area contributed by atoms with Gasteiger partial charge in [-0.25, -0.2) is 0 Å². The molecule has 0 saturated carbocycles. The molecular weight excluding hydrogens is 250 g/mol. The SMILES string of the molecule is CC(C)(C)NCCSSCCC(=O)C(C)(C)C. The van der Waals surface area contributed by atoms with E-state index in [1.54, 1.807) is 10.8 Å². The minimum absolute atomic E-state index is 0.182. The Morgan fingerprint density at radius 1 is 1.00 bits per heavy atom. The summed E-state index contributed by atoms with van der Waals surface area (Å²) in [5.41, 5.74) is 0.0203. The Bertz CT molecular complexity index is 229. The van der Waals surface area contributed by atoms with Gasteiger partial charge in [0.05, 0.1) is 0 Å². The number of hydrogen-bond donors (Lipinski definition) is 1. The van der Waals surface area contributed by atoms with Crippen LogP contribution in [0.3, 0.4) is 0 Å². The van der Waals surface area contributed by atoms with Crippen LogP contribution in [0.5, 0.6) is 0 Å². The molecule has 0 rings (SSSR count). The number of carbonyl (C=O) groups excluding carboxylic acids is 1. The fourth-order valence-electron chi connectivity index (χ4n) is 1.09. The summed E-state index contributed by atoms with van der Waals surface area (Å²) < 4.78 is 0. The molecule has 0 aliphatic heterocycles. The van der Waals surface area contributed by atoms with Gasteiger partial charge in [0.2, 0.25) is 0 Å². The van der Waals surface area contributed by atoms with Crippen LogP contribution in [0.2, 0.25) is 0 Å². The van der Waals surface area contributed by atoms with Gasteiger partial charge in [-0.2, -0.15) is 0 Å². The zero-order valence-electron chi connectivity index (χ0n) is 12.1. The second-order valence-corrected chi connectivity index (χ2v) is 8.95. The Hall–Kier alpha value is 0.330. The molecule has 0 aromatic carbocycles. The standard InChI is InChI=1S/C13H27NOS2/c1-12(2,3)11(15)7-9-16-17-10-8-14-13(4,5)6/h14H,7-10H2,1-6H3. The van der Waals surface area contributed by atoms with Crippen LogP contribution in [0.25, 0.3) is 0 Å². The number of nitrogens with one attached hydrogen (secondary N) is 1. The molecule has 0 atom stereocenters. The van der Waals surface area contributed by atoms with Gasteiger partial charge in [-0.15, -0.1) is 0 Å². The van der Waals surface area contributed by atoms with Crippen molar-refractivity contribution in [3.63, 3.8) is 0 Å². The smallest absolute Gasteiger partial charge is 0.139 e. The number of carbonyl (C=O) groups is 1. The van der Waals surface area contributed by atoms with Crippen LogP contribution in [0.4, 0.5) is 0 Å². The lowest BCUT2D eigenvalue weighted by molar-refractivity contribution is -0.125. The predicted molar refractivity (Wildman–Crippen MR) is 81.8 cm³/mol. The molecule has 0 unspecified atom stereocenters. The second-order valence-electron chi connectivity index (χ2n) is 6.24. The van der Waals surface area contributed by atoms with Crippen molar-refractivity contribution in [2.75, 3.05) is 18.1 Å². The molecule has 0 saturated heterocycles. The van der Waals surface area contributed by atoms with Gasteiger partial charge >= 0.3 is 0 Å². The average Bonchev–Trinajstić information content (AvgIpc) is 2.12. The van der Waals surface area contributed by atoms with Crippen molar-refractivity contribution in [3.8, 4) is 0 Å². The molecular formula is C13H27NOS2. The molecule has 0 aliphatic carbocycles. The monoisotopic (exact) mass is 277 g/mol. The van der Waals surface area contributed by atoms with E-state index in [0.717, 1.165) is 18.1 Å². The Morgan fingerprint density at radius 3 is 2.00 bits per heavy atom. The van der Waals surface area contributed by atoms with Crippen LogP contribution in [-0.4, -0.2) is 29.4 Å². The molecule has 0 heterocycles. The van der Waals surface area contributed by atoms with Crippen LogP contribution in [0.15, 0.2) is 0 Å². The highest BCUT2D eigenvalue weighted by molar-refractivity contribution is 8.76. The highest BCUT2D eigenvalue weighted by Gasteiger charge is 2.20. The van der Waals surface area contributed by atoms with Crippen molar-refractivity contribution in [1.82, 2.24) is 5.32 Å². The van der Waals surface area contributed by atoms with Crippen molar-refractivity contribution in [3.05, 3.63) is 0 Å². The van der Waals surface area contributed by atoms with Crippen molar-refractivity contribution >= 4 is 27.4 Å². The fourth-order valence-corrected chi connectivity index (χ4v) is 2.99. The third-order valence-electron chi connectivity index (χ3n) is 2.17. The normalized spacial score (nSPS) is 12.8. The van der Waals surface area contributed by atoms with E-state index in [-0.39, 0.29) is 11.0 Å². The Kier molecular flexibility index (Phi) is 7.85. The van der Waals surface area contributed by atoms with Gasteiger partial charge < -0.3 is 5.32 Å². The van der Waals surface area contributed by atoms with Crippen LogP contribution in [0.1, 0.15) is 48.0 Å². The molecule has 102 valence electrons. The van der Waals surface area contributed by atoms with Crippen LogP contribution < -0.4 is 5.32 Å². The molecule has 0 spiro atoms. The van der Waals surface area contributed by atoms with E-state index in [2.05, 4.69) is 26.1 Å². The summed E-state index contributed by atoms with van der Waals surface area (Å²) in [6, 6.07) is 0. The molecule has 0 radical (unpaired) electrons. The van der Waals surface area contributed by atoms with Crippen LogP contribution in [-0.2, 0) is 4.79 Å². The first-order valence-electron chi connectivity index (χ1n) is 6.16. The van der Waals surface area contributed by atoms with E-state index >= 15 is 0 Å². The second kappa shape index (κ2) is 7.70. The van der Waals surface area contributed by atoms with Gasteiger partial charge in [0, 0.05) is 35.4 Å². The van der Waals surface area contributed by atoms with E-state index in [1.807, 2.05) is 31.6 Å². The Morgan fingerprint density at radius 2 is 1.53 bits per heavy atom. The van der Waals surface area contributed by atoms with Gasteiger partial charge in [0.15, 0.2) is 0 Å². The first kappa shape index (κ1) is 17.3. The van der Waals surface area contributed by atoms with Gasteiger partial charge in [-0.1, -0.05) is 42.4 Å². The predicted octanol–water partition coefficient (Wildman–Crippen LogP) is 3.76. The first-order valence-corrected chi connectivity index (χ1v) is 8.64. The number of Topliss-reactive ketones (excluding diaryl/α,β-unsaturated/α-hetero) is 1. The summed E-state index contributed by atoms with van der Waals surface area (Å²) in [6.45, 7) is 13.5. The Balaban J connectivity index is 3.39. The molecule has 4 heteroatoms. The summed E-state index contributed by atoms with van der Waals surface area (Å²) in [5.74, 6) is 2.38. The lowest BCUT2D eigenvalue weighted by atomic mass is 9.89. The van der Waals surface area contributed by atoms with E-state index < -0.39 is 0 Å². The maximum atomic E-state index is 11.6. The van der Waals surface area contributed by atoms with Gasteiger partial charge in [-0.3, -0.25) is 4.79 Å². The fraction of sp³-hybridized carbons (Fsp3) is 0.923. The highest BCUT2D eigenvalue weighted by Crippen LogP contribution is 2.24. The summed E-state index contributed by atoms with van der Waals surface area (Å²) in [5, 5.41) is 3.44. The molecule has 0 fully saturated rings. The van der Waals surface area contributed by atoms with Crippen molar-refractivity contribution in [1.29, 1.82) is 0 Å². The van der Waals surface area contributed by atoms with Gasteiger partial charge in [0.1, 0.15) is 5.78 Å². The van der Waals surface area contributed by atoms with E-state index in [0.29, 0.717) is 12.2 Å². The van der Waals surface area contributed by atoms with Gasteiger partial charge in [0.25, 0.3) is 0 Å². The van der Waals surface area contributed by atoms with Crippen LogP contribution in [0, 0.1) is 5.41 Å². The van der Waals surface area contributed by atoms with E-state index in [1.165, 1.54) is 0 Å². The summed E-state index contributed by atoms with van der Waals surface area (Å²) >= 11 is 0. The molecule has 2 nitrogen and oxygen atoms in total. The quantitative estimate of drug-likeness (QED) is 0.567. The summed E-state index contributed by atoms with van der Waals surface area (Å²) in [4.78, 5) is 11.6. The lowest BCUT2D eigenvalue weighted by Gasteiger charge is -2.20. The number of ketones is 1. The van der Waals surface area contributed by atoms with Crippen molar-refractivity contribution in [2.45, 2.75) is 53.5 Å². The van der Waals surface area contributed by atoms with Gasteiger partial charge in [-0.05, 0) is 20.8 Å². The summed E-state index contributed by atoms with van der Waals surface area (Å²) in [6.07, 6.45) is 0.688. The molecule has 0 aromatic rings. The number of rotatable bonds is 7. The molecule has 0 aromatic heterocycles. The largest absolute Gasteiger partial charge is 0.311 e. The highest BCUT2D eigenvalue weighted by atomic mass is 33.1. The minimum atomic E-state index is -0.182. The third-order valence-corrected chi connectivity index (χ3v) is 4.58. The Labute approximate surface area is 114 Å². The van der Waals surface area contributed by atoms with Crippen LogP contribution >= 0.6 is 21.6 Å². The molecule has 17 heavy (non-hydrogen) atoms. The zero-order valence-corrected chi connectivity index (χ0v) is 13.7. The first-order chi connectivity index (χ1) is 7.63. The molecule has 1 N–H and O–H groups in total. The zero-order chi connectivity index (χ0) is 13.5. The molecule has 0 bridgehead atoms. The van der Waals surface area contributed by atoms with E-state index in [9.17, 15) is 4.79 Å². The average molecular weight is 277 g/mol. The third kappa shape index (κ3) is 11.2. The topological polar surface area (TPSA) is 29.1 Å². The molecule has 0 aliphatic rings. The number of hydrogen-bond acceptors (Lipinski definition) is 4. The van der Waals surface area contributed by atoms with Crippen molar-refractivity contribution < 1.29 is 4.79 Å². The molecule has 0 amide bonds. The maximum absolute atomic E-state index is 11.6. The van der Waals surface area contributed by atoms with E-state index in [4.69, 9.17) is 0 Å². The van der Waals surface area contributed by atoms with Crippen molar-refractivity contribution in [2.24, 2.45) is 5.41 Å². The maximum Gasteiger partial charge on any atom is 0.139 e. The summed E-state index contributed by atoms with van der Waals surface area (Å²) in [7, 11) is 3.65. The minimum Gasteiger partial charge on any atom is -0.311 e.